The fourth-order valence-electron chi connectivity index (χ4n) is 1.84. The average Bonchev–Trinajstić information content (AvgIpc) is 2.25. The van der Waals surface area contributed by atoms with Gasteiger partial charge in [0.1, 0.15) is 6.61 Å². The molecule has 0 aliphatic heterocycles. The van der Waals surface area contributed by atoms with Crippen LogP contribution in [0.5, 0.6) is 5.88 Å². The van der Waals surface area contributed by atoms with Gasteiger partial charge in [-0.1, -0.05) is 0 Å². The lowest BCUT2D eigenvalue weighted by Crippen LogP contribution is -2.35. The Bertz CT molecular complexity index is 436. The Hall–Kier alpha value is -1.13. The monoisotopic (exact) mass is 279 g/mol. The van der Waals surface area contributed by atoms with Gasteiger partial charge in [0.15, 0.2) is 0 Å². The molecule has 0 spiro atoms. The summed E-state index contributed by atoms with van der Waals surface area (Å²) < 4.78 is 5.88. The van der Waals surface area contributed by atoms with Crippen LogP contribution < -0.4 is 10.1 Å². The Morgan fingerprint density at radius 1 is 1.25 bits per heavy atom. The summed E-state index contributed by atoms with van der Waals surface area (Å²) in [5, 5.41) is 3.51. The van der Waals surface area contributed by atoms with E-state index in [2.05, 4.69) is 49.0 Å². The van der Waals surface area contributed by atoms with E-state index in [4.69, 9.17) is 4.74 Å². The van der Waals surface area contributed by atoms with Crippen LogP contribution in [-0.4, -0.2) is 42.7 Å². The molecule has 0 saturated carbocycles. The first-order valence-corrected chi connectivity index (χ1v) is 7.19. The number of hydrogen-bond acceptors (Lipinski definition) is 4. The van der Waals surface area contributed by atoms with Crippen LogP contribution in [0.15, 0.2) is 6.07 Å². The van der Waals surface area contributed by atoms with Crippen molar-refractivity contribution in [3.63, 3.8) is 0 Å². The summed E-state index contributed by atoms with van der Waals surface area (Å²) in [6, 6.07) is 2.11. The second-order valence-electron chi connectivity index (χ2n) is 6.62. The van der Waals surface area contributed by atoms with Gasteiger partial charge in [0.25, 0.3) is 0 Å². The molecule has 0 saturated heterocycles. The number of nitrogens with one attached hydrogen (secondary N) is 1. The minimum absolute atomic E-state index is 0.0816. The number of aryl methyl sites for hydroxylation is 2. The van der Waals surface area contributed by atoms with Crippen molar-refractivity contribution in [1.29, 1.82) is 0 Å². The zero-order chi connectivity index (χ0) is 15.3. The van der Waals surface area contributed by atoms with E-state index >= 15 is 0 Å². The van der Waals surface area contributed by atoms with Crippen LogP contribution in [-0.2, 0) is 6.54 Å². The van der Waals surface area contributed by atoms with E-state index in [1.54, 1.807) is 0 Å². The lowest BCUT2D eigenvalue weighted by Gasteiger charge is -2.22. The normalized spacial score (nSPS) is 12.0. The Morgan fingerprint density at radius 2 is 1.90 bits per heavy atom. The van der Waals surface area contributed by atoms with Gasteiger partial charge in [0.2, 0.25) is 5.88 Å². The molecule has 1 N–H and O–H groups in total. The van der Waals surface area contributed by atoms with Crippen LogP contribution in [0.1, 0.15) is 37.6 Å². The lowest BCUT2D eigenvalue weighted by atomic mass is 10.1. The van der Waals surface area contributed by atoms with Crippen molar-refractivity contribution in [2.24, 2.45) is 0 Å². The third-order valence-corrected chi connectivity index (χ3v) is 3.01. The molecule has 0 aliphatic carbocycles. The van der Waals surface area contributed by atoms with Gasteiger partial charge in [-0.05, 0) is 60.3 Å². The van der Waals surface area contributed by atoms with E-state index in [9.17, 15) is 0 Å². The predicted octanol–water partition coefficient (Wildman–Crippen LogP) is 2.53. The fraction of sp³-hybridized carbons (Fsp3) is 0.688. The third kappa shape index (κ3) is 5.88. The summed E-state index contributed by atoms with van der Waals surface area (Å²) in [6.07, 6.45) is 0. The highest BCUT2D eigenvalue weighted by atomic mass is 16.5. The molecule has 0 radical (unpaired) electrons. The second-order valence-corrected chi connectivity index (χ2v) is 6.62. The molecule has 0 atom stereocenters. The van der Waals surface area contributed by atoms with Gasteiger partial charge in [-0.25, -0.2) is 4.98 Å². The maximum Gasteiger partial charge on any atom is 0.218 e. The molecule has 0 aromatic carbocycles. The van der Waals surface area contributed by atoms with Gasteiger partial charge in [-0.3, -0.25) is 0 Å². The number of pyridine rings is 1. The minimum atomic E-state index is 0.0816. The number of ether oxygens (including phenoxy) is 1. The molecular formula is C16H29N3O. The quantitative estimate of drug-likeness (QED) is 0.868. The zero-order valence-corrected chi connectivity index (χ0v) is 14.0. The van der Waals surface area contributed by atoms with Crippen molar-refractivity contribution >= 4 is 0 Å². The van der Waals surface area contributed by atoms with Crippen LogP contribution >= 0.6 is 0 Å². The van der Waals surface area contributed by atoms with Gasteiger partial charge in [0.05, 0.1) is 0 Å². The molecule has 1 aromatic rings. The molecular weight excluding hydrogens is 250 g/mol. The first-order valence-electron chi connectivity index (χ1n) is 7.19. The molecule has 1 aromatic heterocycles. The van der Waals surface area contributed by atoms with Gasteiger partial charge in [-0.2, -0.15) is 0 Å². The van der Waals surface area contributed by atoms with E-state index < -0.39 is 0 Å². The molecule has 0 amide bonds. The number of aromatic nitrogens is 1. The maximum absolute atomic E-state index is 5.88. The SMILES string of the molecule is Cc1cc(C)c(CNC(C)(C)C)c(OCCN(C)C)n1. The highest BCUT2D eigenvalue weighted by Crippen LogP contribution is 2.21. The van der Waals surface area contributed by atoms with Gasteiger partial charge in [-0.15, -0.1) is 0 Å². The topological polar surface area (TPSA) is 37.4 Å². The molecule has 0 bridgehead atoms. The zero-order valence-electron chi connectivity index (χ0n) is 14.0. The summed E-state index contributed by atoms with van der Waals surface area (Å²) >= 11 is 0. The van der Waals surface area contributed by atoms with Crippen LogP contribution in [0.4, 0.5) is 0 Å². The van der Waals surface area contributed by atoms with E-state index in [0.717, 1.165) is 30.2 Å². The molecule has 1 heterocycles. The Balaban J connectivity index is 2.84. The number of hydrogen-bond donors (Lipinski definition) is 1. The van der Waals surface area contributed by atoms with Crippen LogP contribution in [0, 0.1) is 13.8 Å². The van der Waals surface area contributed by atoms with Crippen molar-refractivity contribution in [1.82, 2.24) is 15.2 Å². The van der Waals surface area contributed by atoms with Gasteiger partial charge >= 0.3 is 0 Å². The minimum Gasteiger partial charge on any atom is -0.476 e. The van der Waals surface area contributed by atoms with Crippen molar-refractivity contribution in [2.75, 3.05) is 27.2 Å². The van der Waals surface area contributed by atoms with E-state index in [1.807, 2.05) is 21.0 Å². The first kappa shape index (κ1) is 16.9. The molecule has 114 valence electrons. The fourth-order valence-corrected chi connectivity index (χ4v) is 1.84. The summed E-state index contributed by atoms with van der Waals surface area (Å²) in [4.78, 5) is 6.66. The highest BCUT2D eigenvalue weighted by molar-refractivity contribution is 5.36. The van der Waals surface area contributed by atoms with Crippen molar-refractivity contribution in [2.45, 2.75) is 46.7 Å². The number of rotatable bonds is 6. The molecule has 0 unspecified atom stereocenters. The van der Waals surface area contributed by atoms with Crippen molar-refractivity contribution in [3.8, 4) is 5.88 Å². The largest absolute Gasteiger partial charge is 0.476 e. The average molecular weight is 279 g/mol. The summed E-state index contributed by atoms with van der Waals surface area (Å²) in [6.45, 7) is 12.9. The Morgan fingerprint density at radius 3 is 2.45 bits per heavy atom. The standard InChI is InChI=1S/C16H29N3O/c1-12-10-13(2)18-15(20-9-8-19(6)7)14(12)11-17-16(3,4)5/h10,17H,8-9,11H2,1-7H3. The Kier molecular flexibility index (Phi) is 5.96. The lowest BCUT2D eigenvalue weighted by molar-refractivity contribution is 0.250. The van der Waals surface area contributed by atoms with E-state index in [1.165, 1.54) is 5.56 Å². The van der Waals surface area contributed by atoms with Crippen LogP contribution in [0.2, 0.25) is 0 Å². The maximum atomic E-state index is 5.88. The molecule has 4 heteroatoms. The van der Waals surface area contributed by atoms with Crippen LogP contribution in [0.3, 0.4) is 0 Å². The van der Waals surface area contributed by atoms with Crippen LogP contribution in [0.25, 0.3) is 0 Å². The first-order chi connectivity index (χ1) is 9.19. The van der Waals surface area contributed by atoms with Crippen molar-refractivity contribution < 1.29 is 4.74 Å². The number of nitrogens with zero attached hydrogens (tertiary/aromatic N) is 2. The summed E-state index contributed by atoms with van der Waals surface area (Å²) in [5.41, 5.74) is 3.47. The molecule has 1 rings (SSSR count). The molecule has 20 heavy (non-hydrogen) atoms. The molecule has 0 aliphatic rings. The summed E-state index contributed by atoms with van der Waals surface area (Å²) in [5.74, 6) is 0.765. The smallest absolute Gasteiger partial charge is 0.218 e. The highest BCUT2D eigenvalue weighted by Gasteiger charge is 2.14. The second kappa shape index (κ2) is 7.04. The van der Waals surface area contributed by atoms with Crippen molar-refractivity contribution in [3.05, 3.63) is 22.9 Å². The third-order valence-electron chi connectivity index (χ3n) is 3.01. The van der Waals surface area contributed by atoms with Gasteiger partial charge in [0, 0.05) is 29.9 Å². The number of likely N-dealkylation sites (N-methyl/N-ethyl adjacent to an activating group) is 1. The molecule has 4 nitrogen and oxygen atoms in total. The van der Waals surface area contributed by atoms with E-state index in [0.29, 0.717) is 6.61 Å². The summed E-state index contributed by atoms with van der Waals surface area (Å²) in [7, 11) is 4.08. The molecule has 0 fully saturated rings. The predicted molar refractivity (Wildman–Crippen MR) is 84.4 cm³/mol. The van der Waals surface area contributed by atoms with E-state index in [-0.39, 0.29) is 5.54 Å². The Labute approximate surface area is 123 Å². The van der Waals surface area contributed by atoms with Gasteiger partial charge < -0.3 is 15.0 Å².